The number of carbonyl (C=O) groups is 1. The van der Waals surface area contributed by atoms with Crippen molar-refractivity contribution in [3.05, 3.63) is 46.0 Å². The Bertz CT molecular complexity index is 519. The summed E-state index contributed by atoms with van der Waals surface area (Å²) in [6.07, 6.45) is 5.29. The van der Waals surface area contributed by atoms with Gasteiger partial charge in [0.25, 0.3) is 5.69 Å². The SMILES string of the molecule is O=C(C=Cc1ccc([N+](=O)[O-])cc1)NCC1CCNCC1. The lowest BCUT2D eigenvalue weighted by Gasteiger charge is -2.22. The van der Waals surface area contributed by atoms with Crippen LogP contribution in [0, 0.1) is 16.0 Å². The Kier molecular flexibility index (Phi) is 5.45. The Labute approximate surface area is 123 Å². The quantitative estimate of drug-likeness (QED) is 0.491. The average molecular weight is 289 g/mol. The van der Waals surface area contributed by atoms with Gasteiger partial charge in [0.2, 0.25) is 5.91 Å². The van der Waals surface area contributed by atoms with Crippen molar-refractivity contribution in [1.82, 2.24) is 10.6 Å². The number of nitro groups is 1. The molecule has 1 aliphatic rings. The van der Waals surface area contributed by atoms with Gasteiger partial charge >= 0.3 is 0 Å². The number of nitrogens with zero attached hydrogens (tertiary/aromatic N) is 1. The molecular weight excluding hydrogens is 270 g/mol. The predicted molar refractivity (Wildman–Crippen MR) is 80.7 cm³/mol. The van der Waals surface area contributed by atoms with Crippen LogP contribution in [0.25, 0.3) is 6.08 Å². The second-order valence-electron chi connectivity index (χ2n) is 5.12. The van der Waals surface area contributed by atoms with Gasteiger partial charge in [0.1, 0.15) is 0 Å². The highest BCUT2D eigenvalue weighted by molar-refractivity contribution is 5.91. The molecule has 1 heterocycles. The maximum atomic E-state index is 11.7. The highest BCUT2D eigenvalue weighted by atomic mass is 16.6. The van der Waals surface area contributed by atoms with Gasteiger partial charge in [0.05, 0.1) is 4.92 Å². The summed E-state index contributed by atoms with van der Waals surface area (Å²) in [5.41, 5.74) is 0.806. The number of amides is 1. The van der Waals surface area contributed by atoms with E-state index in [1.165, 1.54) is 18.2 Å². The van der Waals surface area contributed by atoms with Crippen molar-refractivity contribution >= 4 is 17.7 Å². The minimum Gasteiger partial charge on any atom is -0.352 e. The van der Waals surface area contributed by atoms with Crippen LogP contribution in [-0.4, -0.2) is 30.5 Å². The number of hydrogen-bond donors (Lipinski definition) is 2. The van der Waals surface area contributed by atoms with Gasteiger partial charge in [-0.3, -0.25) is 14.9 Å². The lowest BCUT2D eigenvalue weighted by Crippen LogP contribution is -2.35. The molecule has 6 nitrogen and oxygen atoms in total. The molecule has 0 bridgehead atoms. The molecule has 0 atom stereocenters. The first kappa shape index (κ1) is 15.2. The first-order valence-electron chi connectivity index (χ1n) is 7.06. The van der Waals surface area contributed by atoms with Gasteiger partial charge in [-0.25, -0.2) is 0 Å². The molecule has 1 aliphatic heterocycles. The van der Waals surface area contributed by atoms with Crippen LogP contribution in [-0.2, 0) is 4.79 Å². The number of rotatable bonds is 5. The van der Waals surface area contributed by atoms with Crippen LogP contribution in [0.15, 0.2) is 30.3 Å². The van der Waals surface area contributed by atoms with E-state index in [9.17, 15) is 14.9 Å². The van der Waals surface area contributed by atoms with E-state index in [2.05, 4.69) is 10.6 Å². The number of nitrogens with one attached hydrogen (secondary N) is 2. The van der Waals surface area contributed by atoms with Crippen molar-refractivity contribution in [3.63, 3.8) is 0 Å². The summed E-state index contributed by atoms with van der Waals surface area (Å²) in [7, 11) is 0. The van der Waals surface area contributed by atoms with E-state index >= 15 is 0 Å². The molecule has 6 heteroatoms. The second-order valence-corrected chi connectivity index (χ2v) is 5.12. The number of non-ortho nitro benzene ring substituents is 1. The molecule has 0 aromatic heterocycles. The van der Waals surface area contributed by atoms with Gasteiger partial charge < -0.3 is 10.6 Å². The molecule has 0 aliphatic carbocycles. The van der Waals surface area contributed by atoms with Crippen molar-refractivity contribution in [2.45, 2.75) is 12.8 Å². The molecule has 0 radical (unpaired) electrons. The smallest absolute Gasteiger partial charge is 0.269 e. The zero-order chi connectivity index (χ0) is 15.1. The van der Waals surface area contributed by atoms with E-state index in [0.29, 0.717) is 12.5 Å². The maximum Gasteiger partial charge on any atom is 0.269 e. The molecule has 21 heavy (non-hydrogen) atoms. The molecule has 2 N–H and O–H groups in total. The number of carbonyl (C=O) groups excluding carboxylic acids is 1. The van der Waals surface area contributed by atoms with Crippen LogP contribution in [0.4, 0.5) is 5.69 Å². The molecule has 0 saturated carbocycles. The van der Waals surface area contributed by atoms with Gasteiger partial charge in [-0.2, -0.15) is 0 Å². The van der Waals surface area contributed by atoms with Crippen molar-refractivity contribution in [2.75, 3.05) is 19.6 Å². The second kappa shape index (κ2) is 7.54. The topological polar surface area (TPSA) is 84.3 Å². The Balaban J connectivity index is 1.79. The summed E-state index contributed by atoms with van der Waals surface area (Å²) in [6, 6.07) is 6.09. The standard InChI is InChI=1S/C15H19N3O3/c19-15(17-11-13-7-9-16-10-8-13)6-3-12-1-4-14(5-2-12)18(20)21/h1-6,13,16H,7-11H2,(H,17,19). The summed E-state index contributed by atoms with van der Waals surface area (Å²) in [6.45, 7) is 2.73. The van der Waals surface area contributed by atoms with E-state index < -0.39 is 4.92 Å². The molecule has 0 unspecified atom stereocenters. The fourth-order valence-electron chi connectivity index (χ4n) is 2.27. The highest BCUT2D eigenvalue weighted by Crippen LogP contribution is 2.13. The number of nitro benzene ring substituents is 1. The molecule has 1 saturated heterocycles. The minimum atomic E-state index is -0.445. The lowest BCUT2D eigenvalue weighted by molar-refractivity contribution is -0.384. The van der Waals surface area contributed by atoms with Gasteiger partial charge in [0.15, 0.2) is 0 Å². The third-order valence-corrected chi connectivity index (χ3v) is 3.55. The molecule has 1 aromatic carbocycles. The third kappa shape index (κ3) is 5.00. The lowest BCUT2D eigenvalue weighted by atomic mass is 9.98. The third-order valence-electron chi connectivity index (χ3n) is 3.55. The highest BCUT2D eigenvalue weighted by Gasteiger charge is 2.12. The summed E-state index contributed by atoms with van der Waals surface area (Å²) < 4.78 is 0. The van der Waals surface area contributed by atoms with Gasteiger partial charge in [-0.15, -0.1) is 0 Å². The summed E-state index contributed by atoms with van der Waals surface area (Å²) in [5, 5.41) is 16.7. The van der Waals surface area contributed by atoms with Crippen LogP contribution in [0.2, 0.25) is 0 Å². The molecule has 1 amide bonds. The first-order valence-corrected chi connectivity index (χ1v) is 7.06. The van der Waals surface area contributed by atoms with E-state index in [0.717, 1.165) is 31.5 Å². The molecule has 1 fully saturated rings. The van der Waals surface area contributed by atoms with E-state index in [1.807, 2.05) is 0 Å². The van der Waals surface area contributed by atoms with Crippen molar-refractivity contribution in [1.29, 1.82) is 0 Å². The van der Waals surface area contributed by atoms with E-state index in [-0.39, 0.29) is 11.6 Å². The van der Waals surface area contributed by atoms with Crippen molar-refractivity contribution in [3.8, 4) is 0 Å². The van der Waals surface area contributed by atoms with Crippen LogP contribution in [0.3, 0.4) is 0 Å². The maximum absolute atomic E-state index is 11.7. The average Bonchev–Trinajstić information content (AvgIpc) is 2.52. The van der Waals surface area contributed by atoms with Crippen LogP contribution < -0.4 is 10.6 Å². The Morgan fingerprint density at radius 1 is 1.33 bits per heavy atom. The Hall–Kier alpha value is -2.21. The Morgan fingerprint density at radius 3 is 2.62 bits per heavy atom. The number of hydrogen-bond acceptors (Lipinski definition) is 4. The van der Waals surface area contributed by atoms with Crippen LogP contribution in [0.5, 0.6) is 0 Å². The normalized spacial score (nSPS) is 16.0. The molecule has 1 aromatic rings. The van der Waals surface area contributed by atoms with Gasteiger partial charge in [-0.1, -0.05) is 0 Å². The predicted octanol–water partition coefficient (Wildman–Crippen LogP) is 1.72. The van der Waals surface area contributed by atoms with Gasteiger partial charge in [-0.05, 0) is 55.6 Å². The monoisotopic (exact) mass is 289 g/mol. The van der Waals surface area contributed by atoms with Crippen LogP contribution >= 0.6 is 0 Å². The Morgan fingerprint density at radius 2 is 2.00 bits per heavy atom. The summed E-state index contributed by atoms with van der Waals surface area (Å²) in [4.78, 5) is 21.8. The molecular formula is C15H19N3O3. The van der Waals surface area contributed by atoms with Crippen molar-refractivity contribution < 1.29 is 9.72 Å². The number of benzene rings is 1. The first-order chi connectivity index (χ1) is 10.1. The number of piperidine rings is 1. The fraction of sp³-hybridized carbons (Fsp3) is 0.400. The summed E-state index contributed by atoms with van der Waals surface area (Å²) >= 11 is 0. The summed E-state index contributed by atoms with van der Waals surface area (Å²) in [5.74, 6) is 0.412. The molecule has 0 spiro atoms. The zero-order valence-corrected chi connectivity index (χ0v) is 11.7. The fourth-order valence-corrected chi connectivity index (χ4v) is 2.27. The minimum absolute atomic E-state index is 0.0440. The largest absolute Gasteiger partial charge is 0.352 e. The molecule has 112 valence electrons. The van der Waals surface area contributed by atoms with E-state index in [1.54, 1.807) is 18.2 Å². The van der Waals surface area contributed by atoms with Crippen molar-refractivity contribution in [2.24, 2.45) is 5.92 Å². The molecule has 2 rings (SSSR count). The zero-order valence-electron chi connectivity index (χ0n) is 11.7. The van der Waals surface area contributed by atoms with Crippen LogP contribution in [0.1, 0.15) is 18.4 Å². The van der Waals surface area contributed by atoms with Gasteiger partial charge in [0, 0.05) is 24.8 Å². The van der Waals surface area contributed by atoms with E-state index in [4.69, 9.17) is 0 Å².